The van der Waals surface area contributed by atoms with Crippen molar-refractivity contribution in [2.45, 2.75) is 49.8 Å². The molecule has 1 aromatic rings. The van der Waals surface area contributed by atoms with Crippen molar-refractivity contribution in [1.29, 1.82) is 0 Å². The summed E-state index contributed by atoms with van der Waals surface area (Å²) in [5.41, 5.74) is 0.0386. The lowest BCUT2D eigenvalue weighted by atomic mass is 9.96. The van der Waals surface area contributed by atoms with Gasteiger partial charge in [0.05, 0.1) is 10.5 Å². The molecule has 6 nitrogen and oxygen atoms in total. The minimum atomic E-state index is -3.56. The van der Waals surface area contributed by atoms with Crippen LogP contribution in [-0.2, 0) is 14.6 Å². The van der Waals surface area contributed by atoms with Gasteiger partial charge in [0.1, 0.15) is 0 Å². The standard InChI is InChI=1S/C17H23NO5S/c1-24(22,23)15-10-13(17(20)21)9-14(11-15)18-16(19)8-12-6-4-2-3-5-7-12/h9-12H,2-8H2,1H3,(H,18,19)(H,20,21). The number of sulfone groups is 1. The number of benzene rings is 1. The Balaban J connectivity index is 2.14. The van der Waals surface area contributed by atoms with Gasteiger partial charge in [0, 0.05) is 18.4 Å². The molecular weight excluding hydrogens is 330 g/mol. The van der Waals surface area contributed by atoms with E-state index in [9.17, 15) is 18.0 Å². The van der Waals surface area contributed by atoms with E-state index in [4.69, 9.17) is 5.11 Å². The summed E-state index contributed by atoms with van der Waals surface area (Å²) in [6, 6.07) is 3.67. The van der Waals surface area contributed by atoms with E-state index < -0.39 is 15.8 Å². The van der Waals surface area contributed by atoms with Crippen LogP contribution in [0.25, 0.3) is 0 Å². The predicted octanol–water partition coefficient (Wildman–Crippen LogP) is 3.09. The molecule has 2 N–H and O–H groups in total. The van der Waals surface area contributed by atoms with Crippen molar-refractivity contribution in [1.82, 2.24) is 0 Å². The minimum absolute atomic E-state index is 0.118. The zero-order chi connectivity index (χ0) is 17.7. The van der Waals surface area contributed by atoms with Crippen LogP contribution in [0.4, 0.5) is 5.69 Å². The van der Waals surface area contributed by atoms with Crippen LogP contribution in [0.15, 0.2) is 23.1 Å². The van der Waals surface area contributed by atoms with Crippen LogP contribution >= 0.6 is 0 Å². The largest absolute Gasteiger partial charge is 0.478 e. The zero-order valence-corrected chi connectivity index (χ0v) is 14.6. The summed E-state index contributed by atoms with van der Waals surface area (Å²) < 4.78 is 23.4. The number of rotatable bonds is 5. The summed E-state index contributed by atoms with van der Waals surface area (Å²) in [5, 5.41) is 11.8. The van der Waals surface area contributed by atoms with E-state index in [1.54, 1.807) is 0 Å². The number of carbonyl (C=O) groups excluding carboxylic acids is 1. The van der Waals surface area contributed by atoms with Gasteiger partial charge in [-0.1, -0.05) is 25.7 Å². The van der Waals surface area contributed by atoms with Crippen LogP contribution in [-0.4, -0.2) is 31.7 Å². The van der Waals surface area contributed by atoms with Crippen molar-refractivity contribution >= 4 is 27.4 Å². The van der Waals surface area contributed by atoms with E-state index in [1.807, 2.05) is 0 Å². The molecule has 1 aliphatic carbocycles. The Morgan fingerprint density at radius 3 is 2.29 bits per heavy atom. The number of hydrogen-bond donors (Lipinski definition) is 2. The number of hydrogen-bond acceptors (Lipinski definition) is 4. The maximum Gasteiger partial charge on any atom is 0.335 e. The molecule has 0 heterocycles. The summed E-state index contributed by atoms with van der Waals surface area (Å²) in [6.07, 6.45) is 8.10. The number of aromatic carboxylic acids is 1. The molecule has 0 radical (unpaired) electrons. The monoisotopic (exact) mass is 353 g/mol. The molecule has 0 unspecified atom stereocenters. The van der Waals surface area contributed by atoms with Gasteiger partial charge in [-0.05, 0) is 37.0 Å². The number of carboxylic acid groups (broad SMARTS) is 1. The molecule has 1 amide bonds. The molecule has 2 rings (SSSR count). The van der Waals surface area contributed by atoms with Gasteiger partial charge < -0.3 is 10.4 Å². The highest BCUT2D eigenvalue weighted by atomic mass is 32.2. The summed E-state index contributed by atoms with van der Waals surface area (Å²) in [7, 11) is -3.56. The third-order valence-electron chi connectivity index (χ3n) is 4.31. The van der Waals surface area contributed by atoms with Crippen molar-refractivity contribution in [3.05, 3.63) is 23.8 Å². The summed E-state index contributed by atoms with van der Waals surface area (Å²) in [4.78, 5) is 23.3. The van der Waals surface area contributed by atoms with E-state index in [-0.39, 0.29) is 22.1 Å². The fourth-order valence-corrected chi connectivity index (χ4v) is 3.73. The highest BCUT2D eigenvalue weighted by Crippen LogP contribution is 2.26. The average Bonchev–Trinajstić information content (AvgIpc) is 2.74. The first-order chi connectivity index (χ1) is 11.3. The molecule has 0 saturated heterocycles. The van der Waals surface area contributed by atoms with Crippen LogP contribution < -0.4 is 5.32 Å². The second kappa shape index (κ2) is 7.79. The highest BCUT2D eigenvalue weighted by Gasteiger charge is 2.18. The number of carboxylic acids is 1. The molecule has 1 fully saturated rings. The van der Waals surface area contributed by atoms with Crippen LogP contribution in [0, 0.1) is 5.92 Å². The van der Waals surface area contributed by atoms with Crippen molar-refractivity contribution < 1.29 is 23.1 Å². The molecular formula is C17H23NO5S. The number of anilines is 1. The average molecular weight is 353 g/mol. The Morgan fingerprint density at radius 1 is 1.12 bits per heavy atom. The molecule has 1 saturated carbocycles. The molecule has 132 valence electrons. The molecule has 0 spiro atoms. The second-order valence-electron chi connectivity index (χ2n) is 6.43. The Morgan fingerprint density at radius 2 is 1.75 bits per heavy atom. The Hall–Kier alpha value is -1.89. The molecule has 0 aromatic heterocycles. The SMILES string of the molecule is CS(=O)(=O)c1cc(NC(=O)CC2CCCCCC2)cc(C(=O)O)c1. The van der Waals surface area contributed by atoms with Crippen LogP contribution in [0.1, 0.15) is 55.3 Å². The number of nitrogens with one attached hydrogen (secondary N) is 1. The third kappa shape index (κ3) is 5.33. The summed E-state index contributed by atoms with van der Waals surface area (Å²) in [6.45, 7) is 0. The van der Waals surface area contributed by atoms with E-state index in [2.05, 4.69) is 5.32 Å². The van der Waals surface area contributed by atoms with Crippen molar-refractivity contribution in [3.8, 4) is 0 Å². The Kier molecular flexibility index (Phi) is 5.99. The lowest BCUT2D eigenvalue weighted by Gasteiger charge is -2.14. The topological polar surface area (TPSA) is 101 Å². The molecule has 0 aliphatic heterocycles. The van der Waals surface area contributed by atoms with Crippen LogP contribution in [0.5, 0.6) is 0 Å². The molecule has 0 bridgehead atoms. The first-order valence-electron chi connectivity index (χ1n) is 8.14. The first kappa shape index (κ1) is 18.4. The molecule has 0 atom stereocenters. The van der Waals surface area contributed by atoms with E-state index in [0.29, 0.717) is 12.3 Å². The van der Waals surface area contributed by atoms with E-state index in [0.717, 1.165) is 38.0 Å². The second-order valence-corrected chi connectivity index (χ2v) is 8.45. The number of amides is 1. The van der Waals surface area contributed by atoms with Gasteiger partial charge in [0.15, 0.2) is 9.84 Å². The predicted molar refractivity (Wildman–Crippen MR) is 90.9 cm³/mol. The smallest absolute Gasteiger partial charge is 0.335 e. The normalized spacial score (nSPS) is 16.4. The van der Waals surface area contributed by atoms with Gasteiger partial charge in [0.2, 0.25) is 5.91 Å². The van der Waals surface area contributed by atoms with Crippen LogP contribution in [0.3, 0.4) is 0 Å². The minimum Gasteiger partial charge on any atom is -0.478 e. The Labute approximate surface area is 142 Å². The summed E-state index contributed by atoms with van der Waals surface area (Å²) in [5.74, 6) is -1.10. The first-order valence-corrected chi connectivity index (χ1v) is 10.0. The molecule has 1 aliphatic rings. The van der Waals surface area contributed by atoms with Crippen LogP contribution in [0.2, 0.25) is 0 Å². The van der Waals surface area contributed by atoms with Gasteiger partial charge in [-0.3, -0.25) is 4.79 Å². The van der Waals surface area contributed by atoms with Crippen molar-refractivity contribution in [2.75, 3.05) is 11.6 Å². The fourth-order valence-electron chi connectivity index (χ4n) is 3.05. The zero-order valence-electron chi connectivity index (χ0n) is 13.7. The maximum atomic E-state index is 12.2. The maximum absolute atomic E-state index is 12.2. The van der Waals surface area contributed by atoms with Gasteiger partial charge in [-0.25, -0.2) is 13.2 Å². The summed E-state index contributed by atoms with van der Waals surface area (Å²) >= 11 is 0. The van der Waals surface area contributed by atoms with Crippen molar-refractivity contribution in [3.63, 3.8) is 0 Å². The van der Waals surface area contributed by atoms with Gasteiger partial charge in [-0.2, -0.15) is 0 Å². The van der Waals surface area contributed by atoms with E-state index in [1.165, 1.54) is 25.0 Å². The van der Waals surface area contributed by atoms with Gasteiger partial charge >= 0.3 is 5.97 Å². The van der Waals surface area contributed by atoms with Gasteiger partial charge in [0.25, 0.3) is 0 Å². The quantitative estimate of drug-likeness (QED) is 0.792. The van der Waals surface area contributed by atoms with E-state index >= 15 is 0 Å². The van der Waals surface area contributed by atoms with Gasteiger partial charge in [-0.15, -0.1) is 0 Å². The molecule has 1 aromatic carbocycles. The van der Waals surface area contributed by atoms with Crippen molar-refractivity contribution in [2.24, 2.45) is 5.92 Å². The Bertz CT molecular complexity index is 718. The third-order valence-corrected chi connectivity index (χ3v) is 5.41. The molecule has 24 heavy (non-hydrogen) atoms. The fraction of sp³-hybridized carbons (Fsp3) is 0.529. The lowest BCUT2D eigenvalue weighted by molar-refractivity contribution is -0.117. The molecule has 7 heteroatoms. The number of carbonyl (C=O) groups is 2. The lowest BCUT2D eigenvalue weighted by Crippen LogP contribution is -2.17. The highest BCUT2D eigenvalue weighted by molar-refractivity contribution is 7.90.